The van der Waals surface area contributed by atoms with Crippen LogP contribution in [0.15, 0.2) is 78.1 Å². The first-order chi connectivity index (χ1) is 16.3. The molecule has 5 nitrogen and oxygen atoms in total. The zero-order valence-corrected chi connectivity index (χ0v) is 19.6. The van der Waals surface area contributed by atoms with Crippen LogP contribution in [0.25, 0.3) is 10.8 Å². The van der Waals surface area contributed by atoms with E-state index in [1.165, 1.54) is 12.4 Å². The molecule has 0 saturated heterocycles. The van der Waals surface area contributed by atoms with Crippen molar-refractivity contribution in [2.75, 3.05) is 0 Å². The predicted octanol–water partition coefficient (Wildman–Crippen LogP) is 5.31. The number of fused-ring (bicyclic) bond motifs is 1. The van der Waals surface area contributed by atoms with Crippen LogP contribution >= 0.6 is 11.6 Å². The average Bonchev–Trinajstić information content (AvgIpc) is 3.63. The van der Waals surface area contributed by atoms with Crippen LogP contribution in [-0.4, -0.2) is 24.2 Å². The Balaban J connectivity index is 1.27. The van der Waals surface area contributed by atoms with E-state index in [0.717, 1.165) is 5.56 Å². The van der Waals surface area contributed by atoms with Gasteiger partial charge in [-0.3, -0.25) is 14.8 Å². The Morgan fingerprint density at radius 3 is 2.59 bits per heavy atom. The molecule has 0 radical (unpaired) electrons. The highest BCUT2D eigenvalue weighted by Crippen LogP contribution is 2.48. The molecule has 0 N–H and O–H groups in total. The molecule has 1 aliphatic carbocycles. The summed E-state index contributed by atoms with van der Waals surface area (Å²) in [6, 6.07) is 15.1. The number of hydrogen-bond donors (Lipinski definition) is 0. The Labute approximate surface area is 201 Å². The molecule has 2 aromatic carbocycles. The first kappa shape index (κ1) is 22.6. The summed E-state index contributed by atoms with van der Waals surface area (Å²) < 4.78 is 40.3. The first-order valence-electron chi connectivity index (χ1n) is 10.8. The van der Waals surface area contributed by atoms with E-state index < -0.39 is 15.7 Å². The summed E-state index contributed by atoms with van der Waals surface area (Å²) in [5, 5.41) is 1.08. The standard InChI is InChI=1S/C26H20ClFN2O3S/c27-23-14-29-13-18-5-4-17(26(28)25(18)23)11-24(31)22-12-21(22)16-6-8-20(9-7-16)34(32,33)15-19-3-1-2-10-30-19/h1-10,13-14,21-22H,11-12,15H2/t21?,22-/m1/s1. The zero-order chi connectivity index (χ0) is 23.9. The molecule has 0 aliphatic heterocycles. The fourth-order valence-electron chi connectivity index (χ4n) is 4.29. The highest BCUT2D eigenvalue weighted by Gasteiger charge is 2.43. The number of carbonyl (C=O) groups excluding carboxylic acids is 1. The highest BCUT2D eigenvalue weighted by molar-refractivity contribution is 7.90. The van der Waals surface area contributed by atoms with Crippen molar-refractivity contribution in [3.63, 3.8) is 0 Å². The topological polar surface area (TPSA) is 77.0 Å². The molecule has 4 aromatic rings. The van der Waals surface area contributed by atoms with Gasteiger partial charge in [0, 0.05) is 41.7 Å². The number of Topliss-reactive ketones (excluding diaryl/α,β-unsaturated/α-hetero) is 1. The molecule has 1 aliphatic rings. The van der Waals surface area contributed by atoms with Gasteiger partial charge in [-0.05, 0) is 47.7 Å². The number of sulfone groups is 1. The lowest BCUT2D eigenvalue weighted by atomic mass is 10.00. The summed E-state index contributed by atoms with van der Waals surface area (Å²) in [7, 11) is -3.52. The van der Waals surface area contributed by atoms with Crippen molar-refractivity contribution in [3.05, 3.63) is 101 Å². The molecule has 2 heterocycles. The number of rotatable bonds is 7. The van der Waals surface area contributed by atoms with Crippen LogP contribution in [0.2, 0.25) is 5.02 Å². The van der Waals surface area contributed by atoms with Gasteiger partial charge in [0.15, 0.2) is 9.84 Å². The maximum absolute atomic E-state index is 15.0. The van der Waals surface area contributed by atoms with Crippen molar-refractivity contribution in [2.24, 2.45) is 5.92 Å². The summed E-state index contributed by atoms with van der Waals surface area (Å²) >= 11 is 6.11. The van der Waals surface area contributed by atoms with Crippen LogP contribution in [0.5, 0.6) is 0 Å². The van der Waals surface area contributed by atoms with Crippen molar-refractivity contribution in [3.8, 4) is 0 Å². The third kappa shape index (κ3) is 4.45. The smallest absolute Gasteiger partial charge is 0.184 e. The van der Waals surface area contributed by atoms with E-state index in [4.69, 9.17) is 11.6 Å². The lowest BCUT2D eigenvalue weighted by Crippen LogP contribution is -2.08. The van der Waals surface area contributed by atoms with Crippen LogP contribution < -0.4 is 0 Å². The van der Waals surface area contributed by atoms with Crippen LogP contribution in [-0.2, 0) is 26.8 Å². The van der Waals surface area contributed by atoms with Crippen molar-refractivity contribution >= 4 is 38.0 Å². The van der Waals surface area contributed by atoms with Gasteiger partial charge in [-0.1, -0.05) is 41.9 Å². The van der Waals surface area contributed by atoms with Gasteiger partial charge in [-0.15, -0.1) is 0 Å². The van der Waals surface area contributed by atoms with Crippen LogP contribution in [0.4, 0.5) is 4.39 Å². The minimum absolute atomic E-state index is 0.0105. The van der Waals surface area contributed by atoms with E-state index in [9.17, 15) is 17.6 Å². The van der Waals surface area contributed by atoms with Gasteiger partial charge >= 0.3 is 0 Å². The molecule has 172 valence electrons. The maximum atomic E-state index is 15.0. The van der Waals surface area contributed by atoms with Gasteiger partial charge in [0.05, 0.1) is 21.4 Å². The number of benzene rings is 2. The minimum atomic E-state index is -3.52. The van der Waals surface area contributed by atoms with Gasteiger partial charge in [0.25, 0.3) is 0 Å². The second kappa shape index (κ2) is 8.89. The van der Waals surface area contributed by atoms with Gasteiger partial charge in [-0.25, -0.2) is 12.8 Å². The minimum Gasteiger partial charge on any atom is -0.299 e. The summed E-state index contributed by atoms with van der Waals surface area (Å²) in [4.78, 5) is 21.1. The summed E-state index contributed by atoms with van der Waals surface area (Å²) in [6.45, 7) is 0. The second-order valence-corrected chi connectivity index (χ2v) is 10.9. The van der Waals surface area contributed by atoms with Crippen LogP contribution in [0.1, 0.15) is 29.2 Å². The van der Waals surface area contributed by atoms with E-state index in [0.29, 0.717) is 23.1 Å². The molecule has 2 aromatic heterocycles. The Morgan fingerprint density at radius 1 is 1.06 bits per heavy atom. The number of aromatic nitrogens is 2. The SMILES string of the molecule is O=C(Cc1ccc2cncc(Cl)c2c1F)[C@@H]1CC1c1ccc(S(=O)(=O)Cc2ccccn2)cc1. The Bertz CT molecular complexity index is 1490. The van der Waals surface area contributed by atoms with E-state index >= 15 is 0 Å². The predicted molar refractivity (Wildman–Crippen MR) is 128 cm³/mol. The molecule has 2 atom stereocenters. The third-order valence-corrected chi connectivity index (χ3v) is 8.15. The Morgan fingerprint density at radius 2 is 1.85 bits per heavy atom. The summed E-state index contributed by atoms with van der Waals surface area (Å²) in [5.74, 6) is -0.900. The number of nitrogens with zero attached hydrogens (tertiary/aromatic N) is 2. The van der Waals surface area contributed by atoms with Gasteiger partial charge < -0.3 is 0 Å². The number of ketones is 1. The Kier molecular flexibility index (Phi) is 5.91. The van der Waals surface area contributed by atoms with E-state index in [1.807, 2.05) is 0 Å². The molecular weight excluding hydrogens is 475 g/mol. The first-order valence-corrected chi connectivity index (χ1v) is 12.8. The molecule has 5 rings (SSSR count). The average molecular weight is 495 g/mol. The number of carbonyl (C=O) groups is 1. The lowest BCUT2D eigenvalue weighted by molar-refractivity contribution is -0.119. The third-order valence-electron chi connectivity index (χ3n) is 6.19. The van der Waals surface area contributed by atoms with E-state index in [-0.39, 0.29) is 45.1 Å². The molecule has 0 spiro atoms. The fraction of sp³-hybridized carbons (Fsp3) is 0.192. The molecule has 1 saturated carbocycles. The number of halogens is 2. The quantitative estimate of drug-likeness (QED) is 0.348. The molecule has 0 amide bonds. The molecule has 0 bridgehead atoms. The number of hydrogen-bond acceptors (Lipinski definition) is 5. The summed E-state index contributed by atoms with van der Waals surface area (Å²) in [6.07, 6.45) is 5.13. The van der Waals surface area contributed by atoms with Crippen molar-refractivity contribution in [1.82, 2.24) is 9.97 Å². The molecular formula is C26H20ClFN2O3S. The Hall–Kier alpha value is -3.16. The van der Waals surface area contributed by atoms with Crippen LogP contribution in [0.3, 0.4) is 0 Å². The van der Waals surface area contributed by atoms with Gasteiger partial charge in [-0.2, -0.15) is 0 Å². The van der Waals surface area contributed by atoms with E-state index in [1.54, 1.807) is 60.8 Å². The number of pyridine rings is 2. The normalized spacial score (nSPS) is 17.6. The zero-order valence-electron chi connectivity index (χ0n) is 18.0. The van der Waals surface area contributed by atoms with Crippen molar-refractivity contribution < 1.29 is 17.6 Å². The molecule has 8 heteroatoms. The molecule has 1 fully saturated rings. The molecule has 1 unspecified atom stereocenters. The highest BCUT2D eigenvalue weighted by atomic mass is 35.5. The monoisotopic (exact) mass is 494 g/mol. The summed E-state index contributed by atoms with van der Waals surface area (Å²) in [5.41, 5.74) is 1.70. The molecule has 34 heavy (non-hydrogen) atoms. The second-order valence-electron chi connectivity index (χ2n) is 8.50. The lowest BCUT2D eigenvalue weighted by Gasteiger charge is -2.08. The van der Waals surface area contributed by atoms with E-state index in [2.05, 4.69) is 9.97 Å². The maximum Gasteiger partial charge on any atom is 0.184 e. The fourth-order valence-corrected chi connectivity index (χ4v) is 5.82. The van der Waals surface area contributed by atoms with Gasteiger partial charge in [0.2, 0.25) is 0 Å². The van der Waals surface area contributed by atoms with Gasteiger partial charge in [0.1, 0.15) is 11.6 Å². The van der Waals surface area contributed by atoms with Crippen molar-refractivity contribution in [2.45, 2.75) is 29.4 Å². The van der Waals surface area contributed by atoms with Crippen molar-refractivity contribution in [1.29, 1.82) is 0 Å². The largest absolute Gasteiger partial charge is 0.299 e. The van der Waals surface area contributed by atoms with Crippen LogP contribution in [0, 0.1) is 11.7 Å².